The maximum Gasteiger partial charge on any atom is 0.351 e. The van der Waals surface area contributed by atoms with Crippen LogP contribution in [0, 0.1) is 0 Å². The molecule has 0 spiro atoms. The average Bonchev–Trinajstić information content (AvgIpc) is 1.94. The molecule has 0 aromatic rings. The van der Waals surface area contributed by atoms with Crippen LogP contribution in [0.15, 0.2) is 0 Å². The second-order valence-corrected chi connectivity index (χ2v) is 2.53. The van der Waals surface area contributed by atoms with Gasteiger partial charge in [0.2, 0.25) is 11.9 Å². The van der Waals surface area contributed by atoms with Gasteiger partial charge in [0, 0.05) is 6.92 Å². The number of carboxylic acid groups (broad SMARTS) is 1. The molecular weight excluding hydrogens is 148 g/mol. The van der Waals surface area contributed by atoms with E-state index in [9.17, 15) is 4.79 Å². The first-order chi connectivity index (χ1) is 5.11. The molecule has 62 valence electrons. The van der Waals surface area contributed by atoms with E-state index in [2.05, 4.69) is 10.3 Å². The molecule has 0 saturated heterocycles. The standard InChI is InChI=1S/C6H10N2O3/c1-3-7-2-4(9)5(8-3)6(10)11/h4-5,9H,2H2,1H3,(H,7,8)(H,10,11)/p+1/t4-,5-/m0/s1. The van der Waals surface area contributed by atoms with Gasteiger partial charge in [0.15, 0.2) is 0 Å². The number of hydrogen-bond donors (Lipinski definition) is 4. The largest absolute Gasteiger partial charge is 0.478 e. The molecule has 0 aromatic carbocycles. The van der Waals surface area contributed by atoms with Gasteiger partial charge in [0.25, 0.3) is 0 Å². The van der Waals surface area contributed by atoms with Crippen molar-refractivity contribution in [2.45, 2.75) is 19.1 Å². The van der Waals surface area contributed by atoms with Crippen molar-refractivity contribution in [1.82, 2.24) is 5.32 Å². The van der Waals surface area contributed by atoms with Crippen LogP contribution in [-0.2, 0) is 4.79 Å². The molecule has 2 atom stereocenters. The summed E-state index contributed by atoms with van der Waals surface area (Å²) in [5.74, 6) is -0.346. The van der Waals surface area contributed by atoms with Gasteiger partial charge in [-0.3, -0.25) is 10.3 Å². The summed E-state index contributed by atoms with van der Waals surface area (Å²) in [5, 5.41) is 20.3. The van der Waals surface area contributed by atoms with Crippen LogP contribution in [0.1, 0.15) is 6.92 Å². The first-order valence-electron chi connectivity index (χ1n) is 3.36. The van der Waals surface area contributed by atoms with Gasteiger partial charge in [-0.15, -0.1) is 0 Å². The zero-order chi connectivity index (χ0) is 8.43. The normalized spacial score (nSPS) is 30.5. The molecule has 0 bridgehead atoms. The van der Waals surface area contributed by atoms with Gasteiger partial charge >= 0.3 is 5.97 Å². The first kappa shape index (κ1) is 8.00. The molecule has 0 saturated carbocycles. The Morgan fingerprint density at radius 1 is 1.82 bits per heavy atom. The van der Waals surface area contributed by atoms with Crippen LogP contribution in [0.2, 0.25) is 0 Å². The number of nitrogens with one attached hydrogen (secondary N) is 2. The quantitative estimate of drug-likeness (QED) is 0.326. The van der Waals surface area contributed by atoms with Crippen LogP contribution in [0.25, 0.3) is 0 Å². The second-order valence-electron chi connectivity index (χ2n) is 2.53. The Hall–Kier alpha value is -1.10. The lowest BCUT2D eigenvalue weighted by molar-refractivity contribution is -0.478. The van der Waals surface area contributed by atoms with E-state index in [0.717, 1.165) is 0 Å². The van der Waals surface area contributed by atoms with Gasteiger partial charge in [0.05, 0.1) is 0 Å². The van der Waals surface area contributed by atoms with Gasteiger partial charge < -0.3 is 10.2 Å². The van der Waals surface area contributed by atoms with Crippen molar-refractivity contribution in [1.29, 1.82) is 0 Å². The summed E-state index contributed by atoms with van der Waals surface area (Å²) in [7, 11) is 0. The Kier molecular flexibility index (Phi) is 2.09. The summed E-state index contributed by atoms with van der Waals surface area (Å²) in [6.45, 7) is 2.01. The van der Waals surface area contributed by atoms with Crippen molar-refractivity contribution in [3.05, 3.63) is 0 Å². The van der Waals surface area contributed by atoms with Crippen LogP contribution in [0.3, 0.4) is 0 Å². The van der Waals surface area contributed by atoms with Crippen LogP contribution < -0.4 is 10.3 Å². The van der Waals surface area contributed by atoms with E-state index in [1.807, 2.05) is 0 Å². The van der Waals surface area contributed by atoms with Gasteiger partial charge in [-0.2, -0.15) is 0 Å². The molecular formula is C6H11N2O3+. The third-order valence-corrected chi connectivity index (χ3v) is 1.60. The fraction of sp³-hybridized carbons (Fsp3) is 0.667. The molecule has 1 aliphatic heterocycles. The molecule has 5 heteroatoms. The van der Waals surface area contributed by atoms with E-state index in [1.165, 1.54) is 0 Å². The SMILES string of the molecule is CC1=[NH+]C[C@H](O)[C@@H](C(=O)O)N1. The molecule has 1 heterocycles. The lowest BCUT2D eigenvalue weighted by Gasteiger charge is -2.18. The van der Waals surface area contributed by atoms with Crippen molar-refractivity contribution < 1.29 is 20.0 Å². The zero-order valence-electron chi connectivity index (χ0n) is 6.16. The molecule has 4 N–H and O–H groups in total. The molecule has 0 fully saturated rings. The van der Waals surface area contributed by atoms with Crippen LogP contribution in [0.4, 0.5) is 0 Å². The number of aliphatic carboxylic acids is 1. The highest BCUT2D eigenvalue weighted by Crippen LogP contribution is 1.92. The number of carbonyl (C=O) groups is 1. The third kappa shape index (κ3) is 1.68. The molecule has 1 rings (SSSR count). The van der Waals surface area contributed by atoms with Crippen LogP contribution in [0.5, 0.6) is 0 Å². The summed E-state index contributed by atoms with van der Waals surface area (Å²) >= 11 is 0. The highest BCUT2D eigenvalue weighted by atomic mass is 16.4. The van der Waals surface area contributed by atoms with Crippen molar-refractivity contribution in [3.8, 4) is 0 Å². The molecule has 11 heavy (non-hydrogen) atoms. The number of carboxylic acids is 1. The highest BCUT2D eigenvalue weighted by Gasteiger charge is 2.34. The predicted octanol–water partition coefficient (Wildman–Crippen LogP) is -3.10. The number of hydrogen-bond acceptors (Lipinski definition) is 3. The average molecular weight is 159 g/mol. The Bertz CT molecular complexity index is 202. The zero-order valence-corrected chi connectivity index (χ0v) is 6.16. The van der Waals surface area contributed by atoms with Crippen molar-refractivity contribution >= 4 is 11.8 Å². The number of β-amino-alcohol motifs (C(OH)–C–C–N with tert-alkyl or cyclic N) is 1. The minimum atomic E-state index is -1.03. The third-order valence-electron chi connectivity index (χ3n) is 1.60. The van der Waals surface area contributed by atoms with Crippen LogP contribution >= 0.6 is 0 Å². The minimum Gasteiger partial charge on any atom is -0.478 e. The smallest absolute Gasteiger partial charge is 0.351 e. The molecule has 1 aliphatic rings. The molecule has 5 nitrogen and oxygen atoms in total. The maximum absolute atomic E-state index is 10.4. The summed E-state index contributed by atoms with van der Waals surface area (Å²) in [5.41, 5.74) is 0. The lowest BCUT2D eigenvalue weighted by atomic mass is 10.1. The summed E-state index contributed by atoms with van der Waals surface area (Å²) < 4.78 is 0. The van der Waals surface area contributed by atoms with E-state index in [0.29, 0.717) is 5.84 Å². The topological polar surface area (TPSA) is 83.5 Å². The molecule has 0 aromatic heterocycles. The Morgan fingerprint density at radius 3 is 2.91 bits per heavy atom. The number of rotatable bonds is 1. The van der Waals surface area contributed by atoms with E-state index < -0.39 is 18.1 Å². The molecule has 0 radical (unpaired) electrons. The van der Waals surface area contributed by atoms with Crippen molar-refractivity contribution in [2.75, 3.05) is 6.54 Å². The fourth-order valence-corrected chi connectivity index (χ4v) is 0.982. The molecule has 0 amide bonds. The molecule has 0 aliphatic carbocycles. The Labute approximate surface area is 63.8 Å². The van der Waals surface area contributed by atoms with Gasteiger partial charge in [0.1, 0.15) is 12.6 Å². The number of amidine groups is 1. The van der Waals surface area contributed by atoms with Crippen molar-refractivity contribution in [3.63, 3.8) is 0 Å². The minimum absolute atomic E-state index is 0.288. The lowest BCUT2D eigenvalue weighted by Crippen LogP contribution is -2.84. The summed E-state index contributed by atoms with van der Waals surface area (Å²) in [6, 6.07) is -0.878. The van der Waals surface area contributed by atoms with E-state index in [-0.39, 0.29) is 6.54 Å². The van der Waals surface area contributed by atoms with Gasteiger partial charge in [-0.05, 0) is 0 Å². The Morgan fingerprint density at radius 2 is 2.45 bits per heavy atom. The van der Waals surface area contributed by atoms with Crippen LogP contribution in [-0.4, -0.2) is 40.7 Å². The first-order valence-corrected chi connectivity index (χ1v) is 3.36. The molecule has 0 unspecified atom stereocenters. The van der Waals surface area contributed by atoms with E-state index >= 15 is 0 Å². The monoisotopic (exact) mass is 159 g/mol. The number of aliphatic hydroxyl groups is 1. The summed E-state index contributed by atoms with van der Waals surface area (Å²) in [6.07, 6.45) is -0.865. The highest BCUT2D eigenvalue weighted by molar-refractivity contribution is 5.83. The predicted molar refractivity (Wildman–Crippen MR) is 37.1 cm³/mol. The van der Waals surface area contributed by atoms with Crippen molar-refractivity contribution in [2.24, 2.45) is 0 Å². The Balaban J connectivity index is 2.67. The van der Waals surface area contributed by atoms with E-state index in [4.69, 9.17) is 10.2 Å². The fourth-order valence-electron chi connectivity index (χ4n) is 0.982. The number of aliphatic hydroxyl groups excluding tert-OH is 1. The van der Waals surface area contributed by atoms with E-state index in [1.54, 1.807) is 6.92 Å². The maximum atomic E-state index is 10.4. The second kappa shape index (κ2) is 2.87. The summed E-state index contributed by atoms with van der Waals surface area (Å²) in [4.78, 5) is 13.3. The van der Waals surface area contributed by atoms with Gasteiger partial charge in [-0.1, -0.05) is 0 Å². The van der Waals surface area contributed by atoms with Gasteiger partial charge in [-0.25, -0.2) is 4.79 Å².